The third-order valence-electron chi connectivity index (χ3n) is 4.62. The van der Waals surface area contributed by atoms with Crippen LogP contribution in [0.1, 0.15) is 23.2 Å². The average Bonchev–Trinajstić information content (AvgIpc) is 3.39. The summed E-state index contributed by atoms with van der Waals surface area (Å²) in [6, 6.07) is 11.7. The molecule has 2 N–H and O–H groups in total. The molecule has 2 aromatic carbocycles. The predicted molar refractivity (Wildman–Crippen MR) is 106 cm³/mol. The summed E-state index contributed by atoms with van der Waals surface area (Å²) < 4.78 is 43.1. The molecule has 0 bridgehead atoms. The minimum absolute atomic E-state index is 0.0195. The number of halogens is 1. The maximum atomic E-state index is 14.3. The Labute approximate surface area is 167 Å². The second-order valence-corrected chi connectivity index (χ2v) is 8.66. The topological polar surface area (TPSA) is 93.1 Å². The van der Waals surface area contributed by atoms with Crippen molar-refractivity contribution in [3.8, 4) is 5.69 Å². The molecule has 1 fully saturated rings. The summed E-state index contributed by atoms with van der Waals surface area (Å²) in [5.74, 6) is -0.682. The molecule has 0 unspecified atom stereocenters. The molecular weight excluding hydrogens is 395 g/mol. The number of sulfonamides is 1. The highest BCUT2D eigenvalue weighted by Gasteiger charge is 2.24. The molecule has 150 valence electrons. The molecule has 1 aliphatic rings. The zero-order valence-corrected chi connectivity index (χ0v) is 16.2. The monoisotopic (exact) mass is 414 g/mol. The van der Waals surface area contributed by atoms with Crippen LogP contribution in [0.2, 0.25) is 0 Å². The lowest BCUT2D eigenvalue weighted by molar-refractivity contribution is 0.102. The molecule has 4 rings (SSSR count). The Morgan fingerprint density at radius 3 is 2.69 bits per heavy atom. The maximum absolute atomic E-state index is 14.3. The third kappa shape index (κ3) is 4.52. The van der Waals surface area contributed by atoms with E-state index < -0.39 is 21.7 Å². The van der Waals surface area contributed by atoms with Crippen LogP contribution in [0, 0.1) is 11.7 Å². The number of hydrogen-bond acceptors (Lipinski definition) is 4. The fourth-order valence-electron chi connectivity index (χ4n) is 2.82. The third-order valence-corrected chi connectivity index (χ3v) is 6.04. The maximum Gasteiger partial charge on any atom is 0.255 e. The Balaban J connectivity index is 1.49. The van der Waals surface area contributed by atoms with E-state index in [9.17, 15) is 17.6 Å². The second-order valence-electron chi connectivity index (χ2n) is 6.89. The fourth-order valence-corrected chi connectivity index (χ4v) is 3.98. The van der Waals surface area contributed by atoms with Crippen molar-refractivity contribution in [2.45, 2.75) is 17.7 Å². The first-order valence-electron chi connectivity index (χ1n) is 9.13. The first kappa shape index (κ1) is 19.3. The van der Waals surface area contributed by atoms with Gasteiger partial charge in [0.2, 0.25) is 10.0 Å². The number of nitrogens with zero attached hydrogens (tertiary/aromatic N) is 2. The lowest BCUT2D eigenvalue weighted by Crippen LogP contribution is -2.26. The van der Waals surface area contributed by atoms with Crippen LogP contribution in [0.3, 0.4) is 0 Å². The van der Waals surface area contributed by atoms with Crippen molar-refractivity contribution in [2.75, 3.05) is 11.9 Å². The number of hydrogen-bond donors (Lipinski definition) is 2. The molecule has 0 spiro atoms. The quantitative estimate of drug-likeness (QED) is 0.622. The molecule has 0 aliphatic heterocycles. The number of carbonyl (C=O) groups excluding carboxylic acids is 1. The highest BCUT2D eigenvalue weighted by molar-refractivity contribution is 7.89. The highest BCUT2D eigenvalue weighted by Crippen LogP contribution is 2.28. The zero-order valence-electron chi connectivity index (χ0n) is 15.4. The SMILES string of the molecule is O=C(Nc1ccc(-n2cccn2)c(F)c1)c1cccc(S(=O)(=O)NCC2CC2)c1. The molecule has 1 heterocycles. The number of aromatic nitrogens is 2. The molecule has 0 saturated heterocycles. The van der Waals surface area contributed by atoms with Crippen molar-refractivity contribution >= 4 is 21.6 Å². The minimum atomic E-state index is -3.68. The Bertz CT molecular complexity index is 1140. The lowest BCUT2D eigenvalue weighted by Gasteiger charge is -2.10. The van der Waals surface area contributed by atoms with E-state index in [0.29, 0.717) is 12.5 Å². The first-order valence-corrected chi connectivity index (χ1v) is 10.6. The van der Waals surface area contributed by atoms with Gasteiger partial charge < -0.3 is 5.32 Å². The van der Waals surface area contributed by atoms with E-state index in [2.05, 4.69) is 15.1 Å². The van der Waals surface area contributed by atoms with Crippen LogP contribution in [0.5, 0.6) is 0 Å². The number of nitrogens with one attached hydrogen (secondary N) is 2. The van der Waals surface area contributed by atoms with Crippen molar-refractivity contribution < 1.29 is 17.6 Å². The van der Waals surface area contributed by atoms with E-state index in [1.54, 1.807) is 18.3 Å². The fraction of sp³-hybridized carbons (Fsp3) is 0.200. The summed E-state index contributed by atoms with van der Waals surface area (Å²) in [6.07, 6.45) is 5.21. The molecule has 3 aromatic rings. The van der Waals surface area contributed by atoms with Crippen molar-refractivity contribution in [3.63, 3.8) is 0 Å². The van der Waals surface area contributed by atoms with E-state index in [1.807, 2.05) is 0 Å². The summed E-state index contributed by atoms with van der Waals surface area (Å²) in [6.45, 7) is 0.403. The van der Waals surface area contributed by atoms with E-state index in [-0.39, 0.29) is 21.8 Å². The number of benzene rings is 2. The normalized spacial score (nSPS) is 14.0. The van der Waals surface area contributed by atoms with Crippen LogP contribution >= 0.6 is 0 Å². The summed E-state index contributed by atoms with van der Waals surface area (Å²) in [7, 11) is -3.68. The smallest absolute Gasteiger partial charge is 0.255 e. The molecule has 1 saturated carbocycles. The number of amides is 1. The Morgan fingerprint density at radius 1 is 1.17 bits per heavy atom. The van der Waals surface area contributed by atoms with E-state index >= 15 is 0 Å². The summed E-state index contributed by atoms with van der Waals surface area (Å²) in [5.41, 5.74) is 0.669. The number of carbonyl (C=O) groups is 1. The van der Waals surface area contributed by atoms with E-state index in [4.69, 9.17) is 0 Å². The lowest BCUT2D eigenvalue weighted by atomic mass is 10.2. The van der Waals surface area contributed by atoms with Gasteiger partial charge in [-0.1, -0.05) is 6.07 Å². The summed E-state index contributed by atoms with van der Waals surface area (Å²) in [4.78, 5) is 12.5. The van der Waals surface area contributed by atoms with Crippen LogP contribution in [0.15, 0.2) is 65.8 Å². The van der Waals surface area contributed by atoms with Gasteiger partial charge in [0.05, 0.1) is 4.90 Å². The Morgan fingerprint density at radius 2 is 2.00 bits per heavy atom. The minimum Gasteiger partial charge on any atom is -0.322 e. The molecule has 29 heavy (non-hydrogen) atoms. The molecule has 7 nitrogen and oxygen atoms in total. The molecule has 1 aromatic heterocycles. The number of rotatable bonds is 7. The Hall–Kier alpha value is -3.04. The van der Waals surface area contributed by atoms with Crippen molar-refractivity contribution in [3.05, 3.63) is 72.3 Å². The van der Waals surface area contributed by atoms with Gasteiger partial charge in [0.15, 0.2) is 5.82 Å². The predicted octanol–water partition coefficient (Wildman–Crippen LogP) is 2.95. The zero-order chi connectivity index (χ0) is 20.4. The number of anilines is 1. The molecule has 9 heteroatoms. The standard InChI is InChI=1S/C20H19FN4O3S/c21-18-12-16(7-8-19(18)25-10-2-9-22-25)24-20(26)15-3-1-4-17(11-15)29(27,28)23-13-14-5-6-14/h1-4,7-12,14,23H,5-6,13H2,(H,24,26). The van der Waals surface area contributed by atoms with Gasteiger partial charge >= 0.3 is 0 Å². The van der Waals surface area contributed by atoms with E-state index in [1.165, 1.54) is 47.3 Å². The molecule has 1 amide bonds. The molecular formula is C20H19FN4O3S. The van der Waals surface area contributed by atoms with Crippen LogP contribution in [-0.2, 0) is 10.0 Å². The van der Waals surface area contributed by atoms with Gasteiger partial charge in [-0.15, -0.1) is 0 Å². The largest absolute Gasteiger partial charge is 0.322 e. The van der Waals surface area contributed by atoms with Gasteiger partial charge in [0, 0.05) is 30.2 Å². The van der Waals surface area contributed by atoms with Gasteiger partial charge in [-0.2, -0.15) is 5.10 Å². The van der Waals surface area contributed by atoms with Crippen LogP contribution in [-0.4, -0.2) is 30.7 Å². The molecule has 1 aliphatic carbocycles. The summed E-state index contributed by atoms with van der Waals surface area (Å²) >= 11 is 0. The van der Waals surface area contributed by atoms with Crippen molar-refractivity contribution in [2.24, 2.45) is 5.92 Å². The molecule has 0 atom stereocenters. The van der Waals surface area contributed by atoms with Gasteiger partial charge in [-0.3, -0.25) is 4.79 Å². The van der Waals surface area contributed by atoms with Gasteiger partial charge in [-0.05, 0) is 61.2 Å². The van der Waals surface area contributed by atoms with Gasteiger partial charge in [0.1, 0.15) is 5.69 Å². The molecule has 0 radical (unpaired) electrons. The second kappa shape index (κ2) is 7.76. The van der Waals surface area contributed by atoms with Crippen LogP contribution in [0.25, 0.3) is 5.69 Å². The van der Waals surface area contributed by atoms with Crippen LogP contribution in [0.4, 0.5) is 10.1 Å². The van der Waals surface area contributed by atoms with Crippen LogP contribution < -0.4 is 10.0 Å². The average molecular weight is 414 g/mol. The highest BCUT2D eigenvalue weighted by atomic mass is 32.2. The van der Waals surface area contributed by atoms with Crippen molar-refractivity contribution in [1.82, 2.24) is 14.5 Å². The Kier molecular flexibility index (Phi) is 5.16. The summed E-state index contributed by atoms with van der Waals surface area (Å²) in [5, 5.41) is 6.56. The van der Waals surface area contributed by atoms with E-state index in [0.717, 1.165) is 12.8 Å². The van der Waals surface area contributed by atoms with Gasteiger partial charge in [0.25, 0.3) is 5.91 Å². The van der Waals surface area contributed by atoms with Crippen molar-refractivity contribution in [1.29, 1.82) is 0 Å². The van der Waals surface area contributed by atoms with Gasteiger partial charge in [-0.25, -0.2) is 22.2 Å². The first-order chi connectivity index (χ1) is 13.9.